The van der Waals surface area contributed by atoms with E-state index in [0.717, 1.165) is 36.3 Å². The first-order valence-electron chi connectivity index (χ1n) is 11.6. The van der Waals surface area contributed by atoms with Gasteiger partial charge in [-0.3, -0.25) is 9.78 Å². The number of aliphatic carboxylic acids is 1. The van der Waals surface area contributed by atoms with E-state index in [4.69, 9.17) is 4.74 Å². The van der Waals surface area contributed by atoms with Crippen LogP contribution in [0.3, 0.4) is 0 Å². The second-order valence-corrected chi connectivity index (χ2v) is 11.3. The van der Waals surface area contributed by atoms with Crippen LogP contribution in [0.25, 0.3) is 10.9 Å². The van der Waals surface area contributed by atoms with Gasteiger partial charge in [0.1, 0.15) is 11.9 Å². The summed E-state index contributed by atoms with van der Waals surface area (Å²) >= 11 is 3.58. The molecule has 4 rings (SSSR count). The van der Waals surface area contributed by atoms with Crippen molar-refractivity contribution in [1.29, 1.82) is 0 Å². The molecule has 1 unspecified atom stereocenters. The van der Waals surface area contributed by atoms with E-state index in [1.54, 1.807) is 24.6 Å². The van der Waals surface area contributed by atoms with Crippen molar-refractivity contribution in [2.24, 2.45) is 5.41 Å². The summed E-state index contributed by atoms with van der Waals surface area (Å²) in [6, 6.07) is 9.64. The molecule has 1 fully saturated rings. The molecule has 0 saturated carbocycles. The van der Waals surface area contributed by atoms with Crippen molar-refractivity contribution >= 4 is 40.0 Å². The molecular formula is C26H31FN2O3S2. The Hall–Kier alpha value is -2.16. The van der Waals surface area contributed by atoms with Crippen LogP contribution in [0.4, 0.5) is 4.39 Å². The van der Waals surface area contributed by atoms with Crippen molar-refractivity contribution in [3.63, 3.8) is 0 Å². The largest absolute Gasteiger partial charge is 0.497 e. The molecule has 8 heteroatoms. The minimum atomic E-state index is -1.26. The number of nitrogens with zero attached hydrogens (tertiary/aromatic N) is 2. The monoisotopic (exact) mass is 502 g/mol. The number of thiophene rings is 1. The first kappa shape index (κ1) is 24.9. The molecule has 182 valence electrons. The Morgan fingerprint density at radius 3 is 2.82 bits per heavy atom. The van der Waals surface area contributed by atoms with Gasteiger partial charge in [-0.1, -0.05) is 6.07 Å². The van der Waals surface area contributed by atoms with Crippen molar-refractivity contribution in [3.8, 4) is 5.75 Å². The number of carbonyl (C=O) groups is 1. The number of alkyl halides is 1. The average Bonchev–Trinajstić information content (AvgIpc) is 3.36. The predicted molar refractivity (Wildman–Crippen MR) is 137 cm³/mol. The highest BCUT2D eigenvalue weighted by molar-refractivity contribution is 8.01. The lowest BCUT2D eigenvalue weighted by Gasteiger charge is -2.39. The minimum Gasteiger partial charge on any atom is -0.497 e. The van der Waals surface area contributed by atoms with E-state index >= 15 is 4.39 Å². The van der Waals surface area contributed by atoms with Gasteiger partial charge in [-0.15, -0.1) is 23.1 Å². The molecular weight excluding hydrogens is 471 g/mol. The number of ether oxygens (including phenoxy) is 1. The number of fused-ring (bicyclic) bond motifs is 1. The Morgan fingerprint density at radius 1 is 1.35 bits per heavy atom. The molecule has 0 amide bonds. The highest BCUT2D eigenvalue weighted by atomic mass is 32.2. The second-order valence-electron chi connectivity index (χ2n) is 8.95. The van der Waals surface area contributed by atoms with E-state index in [1.807, 2.05) is 36.9 Å². The van der Waals surface area contributed by atoms with E-state index in [1.165, 1.54) is 4.21 Å². The Balaban J connectivity index is 1.39. The number of benzene rings is 1. The topological polar surface area (TPSA) is 62.7 Å². The molecule has 1 atom stereocenters. The third-order valence-corrected chi connectivity index (χ3v) is 9.03. The molecule has 2 aromatic heterocycles. The molecule has 3 heterocycles. The van der Waals surface area contributed by atoms with Gasteiger partial charge >= 0.3 is 5.97 Å². The maximum atomic E-state index is 15.7. The number of pyridine rings is 1. The fourth-order valence-corrected chi connectivity index (χ4v) is 6.64. The number of likely N-dealkylation sites (tertiary alicyclic amines) is 1. The number of aryl methyl sites for hydroxylation is 1. The lowest BCUT2D eigenvalue weighted by atomic mass is 9.74. The number of hydrogen-bond acceptors (Lipinski definition) is 6. The summed E-state index contributed by atoms with van der Waals surface area (Å²) in [4.78, 5) is 19.0. The van der Waals surface area contributed by atoms with Gasteiger partial charge < -0.3 is 14.7 Å². The highest BCUT2D eigenvalue weighted by Gasteiger charge is 2.41. The van der Waals surface area contributed by atoms with E-state index in [9.17, 15) is 9.90 Å². The second kappa shape index (κ2) is 11.1. The number of hydrogen-bond donors (Lipinski definition) is 1. The lowest BCUT2D eigenvalue weighted by molar-refractivity contribution is -0.153. The van der Waals surface area contributed by atoms with Crippen molar-refractivity contribution in [1.82, 2.24) is 9.88 Å². The third-order valence-electron chi connectivity index (χ3n) is 6.92. The Kier molecular flexibility index (Phi) is 8.11. The van der Waals surface area contributed by atoms with Crippen molar-refractivity contribution in [2.75, 3.05) is 32.5 Å². The zero-order valence-corrected chi connectivity index (χ0v) is 21.3. The van der Waals surface area contributed by atoms with Gasteiger partial charge in [0.15, 0.2) is 0 Å². The van der Waals surface area contributed by atoms with Gasteiger partial charge in [0, 0.05) is 23.9 Å². The molecule has 3 aromatic rings. The number of piperidine rings is 1. The van der Waals surface area contributed by atoms with Gasteiger partial charge in [0.25, 0.3) is 0 Å². The number of methoxy groups -OCH3 is 1. The first-order valence-corrected chi connectivity index (χ1v) is 13.5. The van der Waals surface area contributed by atoms with Gasteiger partial charge in [0.05, 0.1) is 22.3 Å². The quantitative estimate of drug-likeness (QED) is 0.325. The standard InChI is InChI=1S/C26H31FN2O3S2/c1-18-17-28-22-6-5-19(32-2)16-20(22)24(18)21(27)7-8-26(25(30)31)9-11-29(12-10-26)13-15-34-23-4-3-14-33-23/h3-6,14,16-17,21H,7-13,15H2,1-2H3,(H,30,31). The molecule has 0 radical (unpaired) electrons. The molecule has 0 spiro atoms. The molecule has 5 nitrogen and oxygen atoms in total. The number of carboxylic acid groups (broad SMARTS) is 1. The maximum Gasteiger partial charge on any atom is 0.309 e. The minimum absolute atomic E-state index is 0.178. The van der Waals surface area contributed by atoms with Crippen LogP contribution in [0.1, 0.15) is 43.0 Å². The first-order chi connectivity index (χ1) is 16.4. The van der Waals surface area contributed by atoms with Crippen LogP contribution in [0.15, 0.2) is 46.1 Å². The smallest absolute Gasteiger partial charge is 0.309 e. The summed E-state index contributed by atoms with van der Waals surface area (Å²) in [7, 11) is 1.58. The van der Waals surface area contributed by atoms with Crippen LogP contribution in [-0.2, 0) is 4.79 Å². The Labute approximate surface area is 208 Å². The molecule has 1 saturated heterocycles. The number of thioether (sulfide) groups is 1. The number of rotatable bonds is 10. The predicted octanol–water partition coefficient (Wildman–Crippen LogP) is 6.36. The molecule has 1 aliphatic rings. The van der Waals surface area contributed by atoms with Crippen molar-refractivity contribution in [2.45, 2.75) is 43.0 Å². The fourth-order valence-electron chi connectivity index (χ4n) is 4.78. The average molecular weight is 503 g/mol. The fraction of sp³-hybridized carbons (Fsp3) is 0.462. The molecule has 0 aliphatic carbocycles. The van der Waals surface area contributed by atoms with Crippen molar-refractivity contribution in [3.05, 3.63) is 53.0 Å². The highest BCUT2D eigenvalue weighted by Crippen LogP contribution is 2.41. The van der Waals surface area contributed by atoms with E-state index in [2.05, 4.69) is 27.4 Å². The van der Waals surface area contributed by atoms with E-state index in [-0.39, 0.29) is 6.42 Å². The molecule has 34 heavy (non-hydrogen) atoms. The van der Waals surface area contributed by atoms with E-state index in [0.29, 0.717) is 36.1 Å². The van der Waals surface area contributed by atoms with Crippen LogP contribution in [0, 0.1) is 12.3 Å². The molecule has 1 aliphatic heterocycles. The summed E-state index contributed by atoms with van der Waals surface area (Å²) in [6.45, 7) is 4.27. The van der Waals surface area contributed by atoms with Crippen LogP contribution in [0.5, 0.6) is 5.75 Å². The normalized spacial score (nSPS) is 17.0. The van der Waals surface area contributed by atoms with Crippen LogP contribution in [0.2, 0.25) is 0 Å². The lowest BCUT2D eigenvalue weighted by Crippen LogP contribution is -2.45. The number of aromatic nitrogens is 1. The Morgan fingerprint density at radius 2 is 2.15 bits per heavy atom. The third kappa shape index (κ3) is 5.56. The number of halogens is 1. The van der Waals surface area contributed by atoms with Crippen LogP contribution in [-0.4, -0.2) is 53.5 Å². The van der Waals surface area contributed by atoms with Crippen LogP contribution < -0.4 is 4.74 Å². The summed E-state index contributed by atoms with van der Waals surface area (Å²) in [5.41, 5.74) is 1.21. The number of carboxylic acids is 1. The maximum absolute atomic E-state index is 15.7. The summed E-state index contributed by atoms with van der Waals surface area (Å²) in [5.74, 6) is 0.843. The zero-order valence-electron chi connectivity index (χ0n) is 19.6. The summed E-state index contributed by atoms with van der Waals surface area (Å²) < 4.78 is 22.3. The summed E-state index contributed by atoms with van der Waals surface area (Å²) in [5, 5.41) is 12.9. The SMILES string of the molecule is COc1ccc2ncc(C)c(C(F)CCC3(C(=O)O)CCN(CCSc4cccs4)CC3)c2c1. The van der Waals surface area contributed by atoms with E-state index < -0.39 is 17.6 Å². The van der Waals surface area contributed by atoms with Gasteiger partial charge in [-0.05, 0) is 86.5 Å². The van der Waals surface area contributed by atoms with Gasteiger partial charge in [0.2, 0.25) is 0 Å². The van der Waals surface area contributed by atoms with Crippen LogP contribution >= 0.6 is 23.1 Å². The Bertz CT molecular complexity index is 1110. The zero-order chi connectivity index (χ0) is 24.1. The summed E-state index contributed by atoms with van der Waals surface area (Å²) in [6.07, 6.45) is 2.06. The van der Waals surface area contributed by atoms with Crippen molar-refractivity contribution < 1.29 is 19.0 Å². The molecule has 0 bridgehead atoms. The van der Waals surface area contributed by atoms with Gasteiger partial charge in [-0.2, -0.15) is 0 Å². The van der Waals surface area contributed by atoms with Gasteiger partial charge in [-0.25, -0.2) is 4.39 Å². The molecule has 1 N–H and O–H groups in total. The molecule has 1 aromatic carbocycles.